The van der Waals surface area contributed by atoms with Gasteiger partial charge in [0.2, 0.25) is 0 Å². The van der Waals surface area contributed by atoms with Gasteiger partial charge in [0.1, 0.15) is 6.61 Å². The van der Waals surface area contributed by atoms with Crippen molar-refractivity contribution in [1.29, 1.82) is 0 Å². The summed E-state index contributed by atoms with van der Waals surface area (Å²) < 4.78 is 32.7. The quantitative estimate of drug-likeness (QED) is 0.0274. The first-order chi connectivity index (χ1) is 24.8. The highest BCUT2D eigenvalue weighted by atomic mass is 31.2. The lowest BCUT2D eigenvalue weighted by Crippen LogP contribution is -2.29. The van der Waals surface area contributed by atoms with E-state index >= 15 is 0 Å². The Morgan fingerprint density at radius 2 is 1.02 bits per heavy atom. The first kappa shape index (κ1) is 49.2. The largest absolute Gasteiger partial charge is 0.472 e. The van der Waals surface area contributed by atoms with Gasteiger partial charge in [0.25, 0.3) is 0 Å². The molecule has 0 spiro atoms. The zero-order chi connectivity index (χ0) is 37.5. The minimum absolute atomic E-state index is 0.0495. The van der Waals surface area contributed by atoms with Crippen molar-refractivity contribution in [3.05, 3.63) is 36.5 Å². The first-order valence-electron chi connectivity index (χ1n) is 20.5. The fraction of sp³-hybridized carbons (Fsp3) is 0.805. The summed E-state index contributed by atoms with van der Waals surface area (Å²) in [6.07, 6.45) is 40.2. The summed E-state index contributed by atoms with van der Waals surface area (Å²) in [5, 5.41) is 0. The Bertz CT molecular complexity index is 939. The lowest BCUT2D eigenvalue weighted by atomic mass is 10.1. The molecule has 0 aliphatic heterocycles. The lowest BCUT2D eigenvalue weighted by molar-refractivity contribution is -0.161. The van der Waals surface area contributed by atoms with Crippen LogP contribution in [0.2, 0.25) is 0 Å². The van der Waals surface area contributed by atoms with E-state index in [9.17, 15) is 19.0 Å². The molecule has 10 heteroatoms. The molecule has 0 radical (unpaired) electrons. The molecule has 0 aliphatic rings. The minimum Gasteiger partial charge on any atom is -0.462 e. The van der Waals surface area contributed by atoms with Gasteiger partial charge in [-0.15, -0.1) is 0 Å². The summed E-state index contributed by atoms with van der Waals surface area (Å²) in [4.78, 5) is 34.8. The van der Waals surface area contributed by atoms with Crippen molar-refractivity contribution in [2.75, 3.05) is 26.4 Å². The molecule has 0 fully saturated rings. The van der Waals surface area contributed by atoms with Gasteiger partial charge in [-0.25, -0.2) is 4.57 Å². The molecule has 0 rings (SSSR count). The molecule has 3 N–H and O–H groups in total. The number of hydrogen-bond acceptors (Lipinski definition) is 8. The van der Waals surface area contributed by atoms with E-state index in [1.54, 1.807) is 0 Å². The van der Waals surface area contributed by atoms with Crippen LogP contribution in [0.1, 0.15) is 181 Å². The van der Waals surface area contributed by atoms with Gasteiger partial charge in [-0.1, -0.05) is 134 Å². The second-order valence-corrected chi connectivity index (χ2v) is 14.9. The topological polar surface area (TPSA) is 134 Å². The lowest BCUT2D eigenvalue weighted by Gasteiger charge is -2.19. The van der Waals surface area contributed by atoms with Gasteiger partial charge in [0, 0.05) is 19.4 Å². The number of ether oxygens (including phenoxy) is 2. The van der Waals surface area contributed by atoms with E-state index in [1.165, 1.54) is 70.6 Å². The Hall–Kier alpha value is -1.77. The maximum Gasteiger partial charge on any atom is 0.472 e. The molecule has 2 unspecified atom stereocenters. The van der Waals surface area contributed by atoms with Crippen molar-refractivity contribution < 1.29 is 37.6 Å². The summed E-state index contributed by atoms with van der Waals surface area (Å²) in [7, 11) is -4.38. The van der Waals surface area contributed by atoms with E-state index in [2.05, 4.69) is 50.3 Å². The van der Waals surface area contributed by atoms with Crippen molar-refractivity contribution in [2.24, 2.45) is 5.73 Å². The fourth-order valence-electron chi connectivity index (χ4n) is 5.42. The van der Waals surface area contributed by atoms with E-state index in [1.807, 2.05) is 0 Å². The van der Waals surface area contributed by atoms with Gasteiger partial charge in [0.15, 0.2) is 6.10 Å². The summed E-state index contributed by atoms with van der Waals surface area (Å²) in [5.41, 5.74) is 5.34. The van der Waals surface area contributed by atoms with Crippen molar-refractivity contribution in [1.82, 2.24) is 0 Å². The van der Waals surface area contributed by atoms with Crippen LogP contribution in [0.25, 0.3) is 0 Å². The van der Waals surface area contributed by atoms with Crippen LogP contribution in [0, 0.1) is 0 Å². The van der Waals surface area contributed by atoms with E-state index in [-0.39, 0.29) is 32.6 Å². The summed E-state index contributed by atoms with van der Waals surface area (Å²) in [6, 6.07) is 0. The molecular weight excluding hydrogens is 665 g/mol. The molecule has 0 amide bonds. The number of carbonyl (C=O) groups is 2. The van der Waals surface area contributed by atoms with Crippen LogP contribution in [0.4, 0.5) is 0 Å². The maximum atomic E-state index is 12.5. The van der Waals surface area contributed by atoms with Crippen LogP contribution in [0.15, 0.2) is 36.5 Å². The highest BCUT2D eigenvalue weighted by Crippen LogP contribution is 2.43. The predicted molar refractivity (Wildman–Crippen MR) is 210 cm³/mol. The number of nitrogens with two attached hydrogens (primary N) is 1. The molecule has 0 aromatic rings. The van der Waals surface area contributed by atoms with E-state index in [0.717, 1.165) is 77.0 Å². The number of hydrogen-bond donors (Lipinski definition) is 2. The molecule has 51 heavy (non-hydrogen) atoms. The van der Waals surface area contributed by atoms with Crippen molar-refractivity contribution in [2.45, 2.75) is 187 Å². The van der Waals surface area contributed by atoms with Gasteiger partial charge in [-0.3, -0.25) is 18.6 Å². The van der Waals surface area contributed by atoms with Crippen LogP contribution in [0.3, 0.4) is 0 Å². The van der Waals surface area contributed by atoms with Crippen molar-refractivity contribution >= 4 is 19.8 Å². The van der Waals surface area contributed by atoms with Gasteiger partial charge in [-0.05, 0) is 70.6 Å². The third kappa shape index (κ3) is 37.8. The maximum absolute atomic E-state index is 12.5. The van der Waals surface area contributed by atoms with Crippen LogP contribution in [-0.2, 0) is 32.7 Å². The van der Waals surface area contributed by atoms with E-state index in [4.69, 9.17) is 24.3 Å². The number of carbonyl (C=O) groups excluding carboxylic acids is 2. The predicted octanol–water partition coefficient (Wildman–Crippen LogP) is 11.4. The number of esters is 2. The van der Waals surface area contributed by atoms with E-state index < -0.39 is 32.5 Å². The standard InChI is InChI=1S/C41H76NO8P/c1-3-5-7-9-11-13-15-17-19-21-23-25-27-29-31-33-40(43)47-37-39(38-49-51(45,46)48-36-35-42)50-41(44)34-32-30-28-26-24-22-20-18-16-14-12-10-8-6-4-2/h12,14,17-20,39H,3-11,13,15-16,21-38,42H2,1-2H3,(H,45,46). The Kier molecular flexibility index (Phi) is 36.7. The average Bonchev–Trinajstić information content (AvgIpc) is 3.11. The summed E-state index contributed by atoms with van der Waals surface area (Å²) in [6.45, 7) is 3.67. The Balaban J connectivity index is 4.23. The van der Waals surface area contributed by atoms with Crippen molar-refractivity contribution in [3.8, 4) is 0 Å². The highest BCUT2D eigenvalue weighted by Gasteiger charge is 2.25. The molecule has 0 bridgehead atoms. The second kappa shape index (κ2) is 38.0. The molecule has 2 atom stereocenters. The number of unbranched alkanes of at least 4 members (excludes halogenated alkanes) is 19. The molecule has 0 saturated heterocycles. The number of rotatable bonds is 38. The van der Waals surface area contributed by atoms with Crippen LogP contribution in [-0.4, -0.2) is 49.3 Å². The Labute approximate surface area is 312 Å². The zero-order valence-electron chi connectivity index (χ0n) is 32.6. The van der Waals surface area contributed by atoms with Crippen molar-refractivity contribution in [3.63, 3.8) is 0 Å². The third-order valence-electron chi connectivity index (χ3n) is 8.50. The summed E-state index contributed by atoms with van der Waals surface area (Å²) >= 11 is 0. The Morgan fingerprint density at radius 3 is 1.55 bits per heavy atom. The molecule has 0 aromatic carbocycles. The SMILES string of the molecule is CCCCCC=CCC=CCCCCCCCC(=O)OC(COC(=O)CCCCCCCC=CCCCCCCCC)COP(=O)(O)OCCN. The molecule has 9 nitrogen and oxygen atoms in total. The van der Waals surface area contributed by atoms with Gasteiger partial charge in [-0.2, -0.15) is 0 Å². The Morgan fingerprint density at radius 1 is 0.588 bits per heavy atom. The molecule has 298 valence electrons. The molecule has 0 saturated carbocycles. The van der Waals surface area contributed by atoms with Crippen LogP contribution in [0.5, 0.6) is 0 Å². The number of phosphoric ester groups is 1. The highest BCUT2D eigenvalue weighted by molar-refractivity contribution is 7.47. The minimum atomic E-state index is -4.38. The van der Waals surface area contributed by atoms with Gasteiger partial charge < -0.3 is 20.1 Å². The summed E-state index contributed by atoms with van der Waals surface area (Å²) in [5.74, 6) is -0.854. The first-order valence-corrected chi connectivity index (χ1v) is 22.0. The van der Waals surface area contributed by atoms with E-state index in [0.29, 0.717) is 6.42 Å². The molecule has 0 aromatic heterocycles. The smallest absolute Gasteiger partial charge is 0.462 e. The zero-order valence-corrected chi connectivity index (χ0v) is 33.5. The molecule has 0 heterocycles. The molecular formula is C41H76NO8P. The number of allylic oxidation sites excluding steroid dienone is 6. The monoisotopic (exact) mass is 742 g/mol. The number of phosphoric acid groups is 1. The van der Waals surface area contributed by atoms with Gasteiger partial charge in [0.05, 0.1) is 13.2 Å². The van der Waals surface area contributed by atoms with Gasteiger partial charge >= 0.3 is 19.8 Å². The van der Waals surface area contributed by atoms with Crippen LogP contribution < -0.4 is 5.73 Å². The molecule has 0 aliphatic carbocycles. The van der Waals surface area contributed by atoms with Crippen LogP contribution >= 0.6 is 7.82 Å². The fourth-order valence-corrected chi connectivity index (χ4v) is 6.19. The normalized spacial score (nSPS) is 13.7. The third-order valence-corrected chi connectivity index (χ3v) is 9.48. The average molecular weight is 742 g/mol. The second-order valence-electron chi connectivity index (χ2n) is 13.5.